The van der Waals surface area contributed by atoms with Crippen LogP contribution in [0.4, 0.5) is 0 Å². The number of hydrogen-bond donors (Lipinski definition) is 2. The number of guanidine groups is 1. The third-order valence-corrected chi connectivity index (χ3v) is 5.77. The SMILES string of the molecule is CN=C(NCc1nc(C)no1)NCC1(c2cccs2)CCCCC1. The second-order valence-corrected chi connectivity index (χ2v) is 7.28. The first-order valence-corrected chi connectivity index (χ1v) is 9.37. The average molecular weight is 347 g/mol. The highest BCUT2D eigenvalue weighted by Gasteiger charge is 2.34. The third-order valence-electron chi connectivity index (χ3n) is 4.65. The van der Waals surface area contributed by atoms with E-state index in [0.29, 0.717) is 18.3 Å². The lowest BCUT2D eigenvalue weighted by molar-refractivity contribution is 0.296. The Hall–Kier alpha value is -1.89. The van der Waals surface area contributed by atoms with E-state index >= 15 is 0 Å². The lowest BCUT2D eigenvalue weighted by Gasteiger charge is -2.37. The standard InChI is InChI=1S/C17H25N5OS/c1-13-21-15(23-22-13)11-19-16(18-2)20-12-17(8-4-3-5-9-17)14-7-6-10-24-14/h6-7,10H,3-5,8-9,11-12H2,1-2H3,(H2,18,19,20). The number of thiophene rings is 1. The summed E-state index contributed by atoms with van der Waals surface area (Å²) in [7, 11) is 1.78. The quantitative estimate of drug-likeness (QED) is 0.642. The van der Waals surface area contributed by atoms with Crippen LogP contribution in [0.25, 0.3) is 0 Å². The van der Waals surface area contributed by atoms with Crippen molar-refractivity contribution < 1.29 is 4.52 Å². The monoisotopic (exact) mass is 347 g/mol. The zero-order valence-electron chi connectivity index (χ0n) is 14.3. The van der Waals surface area contributed by atoms with Crippen LogP contribution in [-0.2, 0) is 12.0 Å². The van der Waals surface area contributed by atoms with Crippen LogP contribution in [0.15, 0.2) is 27.0 Å². The molecule has 0 aromatic carbocycles. The van der Waals surface area contributed by atoms with E-state index in [2.05, 4.69) is 43.3 Å². The van der Waals surface area contributed by atoms with Gasteiger partial charge < -0.3 is 15.2 Å². The maximum Gasteiger partial charge on any atom is 0.246 e. The normalized spacial score (nSPS) is 17.7. The lowest BCUT2D eigenvalue weighted by Crippen LogP contribution is -2.46. The summed E-state index contributed by atoms with van der Waals surface area (Å²) in [4.78, 5) is 10.00. The minimum atomic E-state index is 0.227. The zero-order chi connectivity index (χ0) is 16.8. The van der Waals surface area contributed by atoms with E-state index in [1.54, 1.807) is 7.05 Å². The second-order valence-electron chi connectivity index (χ2n) is 6.33. The molecule has 0 aliphatic heterocycles. The van der Waals surface area contributed by atoms with Gasteiger partial charge in [0.15, 0.2) is 11.8 Å². The molecule has 1 fully saturated rings. The molecule has 7 heteroatoms. The van der Waals surface area contributed by atoms with E-state index < -0.39 is 0 Å². The highest BCUT2D eigenvalue weighted by molar-refractivity contribution is 7.10. The number of aryl methyl sites for hydroxylation is 1. The van der Waals surface area contributed by atoms with Gasteiger partial charge in [0.05, 0.1) is 6.54 Å². The van der Waals surface area contributed by atoms with Crippen LogP contribution in [0.5, 0.6) is 0 Å². The van der Waals surface area contributed by atoms with Crippen LogP contribution in [0, 0.1) is 6.92 Å². The first kappa shape index (κ1) is 17.0. The molecular formula is C17H25N5OS. The molecule has 1 saturated carbocycles. The maximum absolute atomic E-state index is 5.13. The molecule has 130 valence electrons. The molecule has 3 rings (SSSR count). The van der Waals surface area contributed by atoms with Gasteiger partial charge in [0.25, 0.3) is 0 Å². The predicted molar refractivity (Wildman–Crippen MR) is 96.3 cm³/mol. The number of aliphatic imine (C=N–C) groups is 1. The van der Waals surface area contributed by atoms with Crippen molar-refractivity contribution in [3.05, 3.63) is 34.1 Å². The molecule has 2 aromatic heterocycles. The van der Waals surface area contributed by atoms with E-state index in [1.807, 2.05) is 18.3 Å². The highest BCUT2D eigenvalue weighted by Crippen LogP contribution is 2.41. The van der Waals surface area contributed by atoms with Crippen LogP contribution in [0.2, 0.25) is 0 Å². The Kier molecular flexibility index (Phi) is 5.50. The summed E-state index contributed by atoms with van der Waals surface area (Å²) in [6.45, 7) is 3.19. The summed E-state index contributed by atoms with van der Waals surface area (Å²) >= 11 is 1.87. The van der Waals surface area contributed by atoms with Crippen molar-refractivity contribution in [1.29, 1.82) is 0 Å². The molecule has 24 heavy (non-hydrogen) atoms. The Morgan fingerprint density at radius 2 is 2.17 bits per heavy atom. The van der Waals surface area contributed by atoms with Crippen LogP contribution < -0.4 is 10.6 Å². The molecule has 0 spiro atoms. The summed E-state index contributed by atoms with van der Waals surface area (Å²) in [5, 5.41) is 12.7. The van der Waals surface area contributed by atoms with Gasteiger partial charge in [-0.1, -0.05) is 30.5 Å². The summed E-state index contributed by atoms with van der Waals surface area (Å²) < 4.78 is 5.13. The van der Waals surface area contributed by atoms with Crippen molar-refractivity contribution in [3.8, 4) is 0 Å². The van der Waals surface area contributed by atoms with Gasteiger partial charge in [-0.3, -0.25) is 4.99 Å². The maximum atomic E-state index is 5.13. The molecule has 0 saturated heterocycles. The molecule has 0 bridgehead atoms. The Balaban J connectivity index is 1.60. The minimum Gasteiger partial charge on any atom is -0.355 e. The largest absolute Gasteiger partial charge is 0.355 e. The summed E-state index contributed by atoms with van der Waals surface area (Å²) in [6, 6.07) is 4.43. The van der Waals surface area contributed by atoms with Gasteiger partial charge in [0, 0.05) is 23.9 Å². The summed E-state index contributed by atoms with van der Waals surface area (Å²) in [5.41, 5.74) is 0.227. The highest BCUT2D eigenvalue weighted by atomic mass is 32.1. The molecule has 0 atom stereocenters. The van der Waals surface area contributed by atoms with E-state index in [4.69, 9.17) is 4.52 Å². The number of rotatable bonds is 5. The van der Waals surface area contributed by atoms with Crippen molar-refractivity contribution >= 4 is 17.3 Å². The summed E-state index contributed by atoms with van der Waals surface area (Å²) in [5.74, 6) is 1.99. The van der Waals surface area contributed by atoms with Crippen LogP contribution >= 0.6 is 11.3 Å². The zero-order valence-corrected chi connectivity index (χ0v) is 15.2. The first-order valence-electron chi connectivity index (χ1n) is 8.49. The van der Waals surface area contributed by atoms with Gasteiger partial charge >= 0.3 is 0 Å². The molecular weight excluding hydrogens is 322 g/mol. The van der Waals surface area contributed by atoms with Gasteiger partial charge in [0.2, 0.25) is 5.89 Å². The fourth-order valence-electron chi connectivity index (χ4n) is 3.36. The molecule has 2 aromatic rings. The molecule has 2 N–H and O–H groups in total. The van der Waals surface area contributed by atoms with Gasteiger partial charge in [-0.15, -0.1) is 11.3 Å². The van der Waals surface area contributed by atoms with E-state index in [0.717, 1.165) is 12.5 Å². The second kappa shape index (κ2) is 7.79. The van der Waals surface area contributed by atoms with Crippen molar-refractivity contribution in [1.82, 2.24) is 20.8 Å². The van der Waals surface area contributed by atoms with Crippen LogP contribution in [-0.4, -0.2) is 29.7 Å². The summed E-state index contributed by atoms with van der Waals surface area (Å²) in [6.07, 6.45) is 6.41. The number of nitrogens with one attached hydrogen (secondary N) is 2. The lowest BCUT2D eigenvalue weighted by atomic mass is 9.73. The number of hydrogen-bond acceptors (Lipinski definition) is 5. The van der Waals surface area contributed by atoms with Gasteiger partial charge in [-0.2, -0.15) is 4.98 Å². The molecule has 6 nitrogen and oxygen atoms in total. The molecule has 1 aliphatic rings. The average Bonchev–Trinajstić information content (AvgIpc) is 3.28. The molecule has 1 aliphatic carbocycles. The predicted octanol–water partition coefficient (Wildman–Crippen LogP) is 3.01. The Morgan fingerprint density at radius 3 is 2.79 bits per heavy atom. The van der Waals surface area contributed by atoms with Gasteiger partial charge in [0.1, 0.15) is 0 Å². The third kappa shape index (κ3) is 3.95. The molecule has 0 unspecified atom stereocenters. The molecule has 0 amide bonds. The smallest absolute Gasteiger partial charge is 0.246 e. The van der Waals surface area contributed by atoms with Crippen LogP contribution in [0.1, 0.15) is 48.7 Å². The van der Waals surface area contributed by atoms with Gasteiger partial charge in [-0.25, -0.2) is 0 Å². The van der Waals surface area contributed by atoms with Crippen LogP contribution in [0.3, 0.4) is 0 Å². The fraction of sp³-hybridized carbons (Fsp3) is 0.588. The minimum absolute atomic E-state index is 0.227. The number of nitrogens with zero attached hydrogens (tertiary/aromatic N) is 3. The Bertz CT molecular complexity index is 658. The first-order chi connectivity index (χ1) is 11.7. The molecule has 2 heterocycles. The fourth-order valence-corrected chi connectivity index (χ4v) is 4.35. The molecule has 0 radical (unpaired) electrons. The van der Waals surface area contributed by atoms with Gasteiger partial charge in [-0.05, 0) is 31.2 Å². The van der Waals surface area contributed by atoms with Crippen molar-refractivity contribution in [2.75, 3.05) is 13.6 Å². The van der Waals surface area contributed by atoms with E-state index in [-0.39, 0.29) is 5.41 Å². The van der Waals surface area contributed by atoms with Crippen molar-refractivity contribution in [2.24, 2.45) is 4.99 Å². The van der Waals surface area contributed by atoms with E-state index in [9.17, 15) is 0 Å². The topological polar surface area (TPSA) is 75.3 Å². The van der Waals surface area contributed by atoms with Crippen molar-refractivity contribution in [3.63, 3.8) is 0 Å². The Morgan fingerprint density at radius 1 is 1.33 bits per heavy atom. The van der Waals surface area contributed by atoms with E-state index in [1.165, 1.54) is 37.0 Å². The number of aromatic nitrogens is 2. The van der Waals surface area contributed by atoms with Crippen molar-refractivity contribution in [2.45, 2.75) is 51.0 Å². The Labute approximate surface area is 146 Å².